The van der Waals surface area contributed by atoms with Crippen LogP contribution >= 0.6 is 0 Å². The van der Waals surface area contributed by atoms with Crippen molar-refractivity contribution in [1.29, 1.82) is 0 Å². The van der Waals surface area contributed by atoms with Crippen molar-refractivity contribution < 1.29 is 14.2 Å². The summed E-state index contributed by atoms with van der Waals surface area (Å²) in [7, 11) is 0. The van der Waals surface area contributed by atoms with Crippen LogP contribution < -0.4 is 4.74 Å². The number of nitrogens with zero attached hydrogens (tertiary/aromatic N) is 6. The zero-order chi connectivity index (χ0) is 27.3. The number of hydrogen-bond acceptors (Lipinski definition) is 7. The molecule has 1 unspecified atom stereocenters. The number of allylic oxidation sites excluding steroid dienone is 1. The van der Waals surface area contributed by atoms with Crippen molar-refractivity contribution in [3.05, 3.63) is 54.6 Å². The number of aliphatic hydroxyl groups is 1. The summed E-state index contributed by atoms with van der Waals surface area (Å²) >= 11 is 0. The normalized spacial score (nSPS) is 21.0. The standard InChI is InChI=1S/C29H39FN6O2/c1-21(2)27-25(14-32-19-34-27)24-12-23(30)6-7-26(24)38-22(3)13-31-18-33-20-36-11-9-29(17-36)8-10-35(16-29)15-28(4,5)37/h6-7,12-14,18-19,21,37H,3,8-11,15-17,20H2,1-2,4-5H3. The average molecular weight is 523 g/mol. The predicted molar refractivity (Wildman–Crippen MR) is 149 cm³/mol. The van der Waals surface area contributed by atoms with Crippen LogP contribution in [0.3, 0.4) is 0 Å². The second-order valence-corrected chi connectivity index (χ2v) is 11.5. The molecule has 1 N–H and O–H groups in total. The first-order valence-corrected chi connectivity index (χ1v) is 13.2. The maximum absolute atomic E-state index is 14.1. The van der Waals surface area contributed by atoms with Crippen LogP contribution in [0.4, 0.5) is 4.39 Å². The molecule has 2 saturated heterocycles. The fourth-order valence-corrected chi connectivity index (χ4v) is 5.48. The molecule has 38 heavy (non-hydrogen) atoms. The minimum Gasteiger partial charge on any atom is -0.456 e. The predicted octanol–water partition coefficient (Wildman–Crippen LogP) is 4.52. The Morgan fingerprint density at radius 1 is 1.24 bits per heavy atom. The lowest BCUT2D eigenvalue weighted by Crippen LogP contribution is -2.39. The van der Waals surface area contributed by atoms with Crippen molar-refractivity contribution >= 4 is 12.6 Å². The molecule has 8 nitrogen and oxygen atoms in total. The van der Waals surface area contributed by atoms with Crippen molar-refractivity contribution in [2.24, 2.45) is 15.4 Å². The van der Waals surface area contributed by atoms with E-state index in [2.05, 4.69) is 36.3 Å². The van der Waals surface area contributed by atoms with Crippen molar-refractivity contribution in [3.8, 4) is 16.9 Å². The van der Waals surface area contributed by atoms with Crippen LogP contribution in [0.15, 0.2) is 53.0 Å². The van der Waals surface area contributed by atoms with Crippen LogP contribution in [-0.2, 0) is 0 Å². The van der Waals surface area contributed by atoms with E-state index in [1.54, 1.807) is 12.3 Å². The number of aliphatic imine (C=N–C) groups is 2. The van der Waals surface area contributed by atoms with E-state index in [0.29, 0.717) is 35.7 Å². The van der Waals surface area contributed by atoms with Crippen LogP contribution in [0.5, 0.6) is 5.75 Å². The van der Waals surface area contributed by atoms with Gasteiger partial charge in [-0.1, -0.05) is 20.4 Å². The third-order valence-corrected chi connectivity index (χ3v) is 7.06. The third-order valence-electron chi connectivity index (χ3n) is 7.06. The molecule has 1 aromatic carbocycles. The molecular weight excluding hydrogens is 483 g/mol. The van der Waals surface area contributed by atoms with Gasteiger partial charge >= 0.3 is 0 Å². The molecule has 0 radical (unpaired) electrons. The first-order valence-electron chi connectivity index (χ1n) is 13.2. The van der Waals surface area contributed by atoms with E-state index in [4.69, 9.17) is 4.74 Å². The SMILES string of the molecule is C=C(C=NC=NCN1CCC2(CCN(CC(C)(C)O)C2)C1)Oc1ccc(F)cc1-c1cncnc1C(C)C. The molecule has 0 saturated carbocycles. The topological polar surface area (TPSA) is 86.4 Å². The number of hydrogen-bond donors (Lipinski definition) is 1. The molecule has 4 rings (SSSR count). The van der Waals surface area contributed by atoms with Gasteiger partial charge in [0.25, 0.3) is 0 Å². The first-order chi connectivity index (χ1) is 18.0. The quantitative estimate of drug-likeness (QED) is 0.280. The average Bonchev–Trinajstić information content (AvgIpc) is 3.44. The molecule has 2 aromatic rings. The number of halogens is 1. The summed E-state index contributed by atoms with van der Waals surface area (Å²) in [6.45, 7) is 17.1. The van der Waals surface area contributed by atoms with Gasteiger partial charge in [-0.25, -0.2) is 19.4 Å². The lowest BCUT2D eigenvalue weighted by atomic mass is 9.86. The Bertz CT molecular complexity index is 1190. The number of β-amino-alcohol motifs (C(OH)–C–C–N with tert-alkyl or cyclic N) is 1. The molecule has 0 bridgehead atoms. The largest absolute Gasteiger partial charge is 0.456 e. The molecule has 1 spiro atoms. The van der Waals surface area contributed by atoms with E-state index >= 15 is 0 Å². The molecule has 2 fully saturated rings. The molecule has 2 aliphatic rings. The fraction of sp³-hybridized carbons (Fsp3) is 0.517. The van der Waals surface area contributed by atoms with E-state index in [-0.39, 0.29) is 11.7 Å². The number of benzene rings is 1. The Kier molecular flexibility index (Phi) is 8.70. The molecule has 3 heterocycles. The number of aromatic nitrogens is 2. The van der Waals surface area contributed by atoms with Gasteiger partial charge in [-0.05, 0) is 62.8 Å². The van der Waals surface area contributed by atoms with E-state index in [1.165, 1.54) is 31.0 Å². The summed E-state index contributed by atoms with van der Waals surface area (Å²) in [5.41, 5.74) is 1.74. The van der Waals surface area contributed by atoms with Crippen molar-refractivity contribution in [2.75, 3.05) is 39.4 Å². The van der Waals surface area contributed by atoms with Gasteiger partial charge in [0.15, 0.2) is 0 Å². The Morgan fingerprint density at radius 2 is 1.97 bits per heavy atom. The monoisotopic (exact) mass is 522 g/mol. The van der Waals surface area contributed by atoms with E-state index in [0.717, 1.165) is 50.3 Å². The Balaban J connectivity index is 1.30. The molecule has 2 aliphatic heterocycles. The van der Waals surface area contributed by atoms with E-state index in [9.17, 15) is 9.50 Å². The van der Waals surface area contributed by atoms with Gasteiger partial charge in [-0.15, -0.1) is 0 Å². The summed E-state index contributed by atoms with van der Waals surface area (Å²) in [5.74, 6) is 0.527. The van der Waals surface area contributed by atoms with Crippen LogP contribution in [0.1, 0.15) is 52.1 Å². The molecular formula is C29H39FN6O2. The van der Waals surface area contributed by atoms with Crippen LogP contribution in [0, 0.1) is 11.2 Å². The minimum atomic E-state index is -0.662. The molecule has 204 valence electrons. The summed E-state index contributed by atoms with van der Waals surface area (Å²) in [5, 5.41) is 10.1. The molecule has 9 heteroatoms. The minimum absolute atomic E-state index is 0.135. The zero-order valence-electron chi connectivity index (χ0n) is 22.9. The third kappa shape index (κ3) is 7.30. The second kappa shape index (κ2) is 11.8. The Labute approximate surface area is 225 Å². The highest BCUT2D eigenvalue weighted by Crippen LogP contribution is 2.40. The van der Waals surface area contributed by atoms with Crippen LogP contribution in [0.2, 0.25) is 0 Å². The molecule has 1 atom stereocenters. The van der Waals surface area contributed by atoms with Crippen molar-refractivity contribution in [2.45, 2.75) is 52.1 Å². The highest BCUT2D eigenvalue weighted by molar-refractivity contribution is 5.83. The smallest absolute Gasteiger partial charge is 0.138 e. The highest BCUT2D eigenvalue weighted by Gasteiger charge is 2.43. The number of ether oxygens (including phenoxy) is 1. The highest BCUT2D eigenvalue weighted by atomic mass is 19.1. The molecule has 0 amide bonds. The van der Waals surface area contributed by atoms with Gasteiger partial charge < -0.3 is 9.84 Å². The van der Waals surface area contributed by atoms with E-state index < -0.39 is 5.60 Å². The number of rotatable bonds is 10. The van der Waals surface area contributed by atoms with Gasteiger partial charge in [0.05, 0.1) is 24.2 Å². The van der Waals surface area contributed by atoms with E-state index in [1.807, 2.05) is 27.7 Å². The van der Waals surface area contributed by atoms with Gasteiger partial charge in [0.2, 0.25) is 0 Å². The fourth-order valence-electron chi connectivity index (χ4n) is 5.48. The second-order valence-electron chi connectivity index (χ2n) is 11.5. The number of likely N-dealkylation sites (tertiary alicyclic amines) is 2. The summed E-state index contributed by atoms with van der Waals surface area (Å²) in [6, 6.07) is 4.34. The van der Waals surface area contributed by atoms with Crippen molar-refractivity contribution in [3.63, 3.8) is 0 Å². The van der Waals surface area contributed by atoms with Gasteiger partial charge in [-0.2, -0.15) is 0 Å². The van der Waals surface area contributed by atoms with Crippen LogP contribution in [0.25, 0.3) is 11.1 Å². The molecule has 0 aliphatic carbocycles. The van der Waals surface area contributed by atoms with Crippen LogP contribution in [-0.4, -0.2) is 82.4 Å². The molecule has 1 aromatic heterocycles. The first kappa shape index (κ1) is 28.0. The zero-order valence-corrected chi connectivity index (χ0v) is 22.9. The van der Waals surface area contributed by atoms with Gasteiger partial charge in [0.1, 0.15) is 30.0 Å². The van der Waals surface area contributed by atoms with Gasteiger partial charge in [0, 0.05) is 43.5 Å². The maximum Gasteiger partial charge on any atom is 0.138 e. The lowest BCUT2D eigenvalue weighted by Gasteiger charge is -2.28. The summed E-state index contributed by atoms with van der Waals surface area (Å²) < 4.78 is 20.0. The summed E-state index contributed by atoms with van der Waals surface area (Å²) in [6.07, 6.45) is 8.50. The van der Waals surface area contributed by atoms with Crippen molar-refractivity contribution in [1.82, 2.24) is 19.8 Å². The Morgan fingerprint density at radius 3 is 2.71 bits per heavy atom. The van der Waals surface area contributed by atoms with Gasteiger partial charge in [-0.3, -0.25) is 14.8 Å². The Hall–Kier alpha value is -3.01. The maximum atomic E-state index is 14.1. The summed E-state index contributed by atoms with van der Waals surface area (Å²) in [4.78, 5) is 21.9. The lowest BCUT2D eigenvalue weighted by molar-refractivity contribution is 0.0404.